The minimum Gasteiger partial charge on any atom is -0.375 e. The summed E-state index contributed by atoms with van der Waals surface area (Å²) in [6.45, 7) is 4.14. The lowest BCUT2D eigenvalue weighted by molar-refractivity contribution is 0.0384. The first-order valence-electron chi connectivity index (χ1n) is 4.24. The molecule has 1 aliphatic carbocycles. The molecule has 1 rings (SSSR count). The summed E-state index contributed by atoms with van der Waals surface area (Å²) in [4.78, 5) is 0. The summed E-state index contributed by atoms with van der Waals surface area (Å²) in [6, 6.07) is 2.03. The molecule has 0 amide bonds. The van der Waals surface area contributed by atoms with Crippen molar-refractivity contribution in [2.24, 2.45) is 11.8 Å². The lowest BCUT2D eigenvalue weighted by Crippen LogP contribution is -2.34. The van der Waals surface area contributed by atoms with Gasteiger partial charge in [0, 0.05) is 5.92 Å². The summed E-state index contributed by atoms with van der Waals surface area (Å²) in [5, 5.41) is 18.5. The zero-order valence-corrected chi connectivity index (χ0v) is 7.17. The predicted molar refractivity (Wildman–Crippen MR) is 42.7 cm³/mol. The van der Waals surface area contributed by atoms with Crippen LogP contribution in [0.25, 0.3) is 0 Å². The summed E-state index contributed by atoms with van der Waals surface area (Å²) >= 11 is 0. The van der Waals surface area contributed by atoms with Crippen LogP contribution in [-0.2, 0) is 0 Å². The van der Waals surface area contributed by atoms with Crippen LogP contribution in [0.5, 0.6) is 0 Å². The molecular weight excluding hydrogens is 138 g/mol. The monoisotopic (exact) mass is 153 g/mol. The van der Waals surface area contributed by atoms with Gasteiger partial charge in [-0.05, 0) is 25.2 Å². The van der Waals surface area contributed by atoms with Gasteiger partial charge in [-0.25, -0.2) is 0 Å². The highest BCUT2D eigenvalue weighted by molar-refractivity contribution is 5.08. The van der Waals surface area contributed by atoms with Gasteiger partial charge in [0.1, 0.15) is 0 Å². The van der Waals surface area contributed by atoms with Gasteiger partial charge in [0.25, 0.3) is 0 Å². The normalized spacial score (nSPS) is 37.5. The second kappa shape index (κ2) is 2.83. The van der Waals surface area contributed by atoms with Crippen LogP contribution < -0.4 is 0 Å². The van der Waals surface area contributed by atoms with Crippen LogP contribution in [0.1, 0.15) is 33.1 Å². The number of rotatable bonds is 1. The lowest BCUT2D eigenvalue weighted by atomic mass is 9.83. The van der Waals surface area contributed by atoms with Gasteiger partial charge in [-0.1, -0.05) is 13.8 Å². The average Bonchev–Trinajstić information content (AvgIpc) is 2.32. The fourth-order valence-corrected chi connectivity index (χ4v) is 2.04. The molecular formula is C9H15NO. The highest BCUT2D eigenvalue weighted by atomic mass is 16.3. The maximum absolute atomic E-state index is 9.77. The Labute approximate surface area is 67.8 Å². The molecule has 62 valence electrons. The molecule has 0 saturated heterocycles. The topological polar surface area (TPSA) is 44.0 Å². The van der Waals surface area contributed by atoms with E-state index in [4.69, 9.17) is 5.26 Å². The molecule has 0 aromatic rings. The van der Waals surface area contributed by atoms with E-state index < -0.39 is 5.60 Å². The molecule has 0 aliphatic heterocycles. The smallest absolute Gasteiger partial charge is 0.154 e. The molecule has 11 heavy (non-hydrogen) atoms. The third kappa shape index (κ3) is 1.39. The Morgan fingerprint density at radius 2 is 2.27 bits per heavy atom. The zero-order valence-electron chi connectivity index (χ0n) is 7.17. The Morgan fingerprint density at radius 1 is 1.64 bits per heavy atom. The molecule has 1 aliphatic rings. The van der Waals surface area contributed by atoms with Crippen molar-refractivity contribution in [3.05, 3.63) is 0 Å². The van der Waals surface area contributed by atoms with Crippen LogP contribution in [0.15, 0.2) is 0 Å². The van der Waals surface area contributed by atoms with Crippen molar-refractivity contribution in [2.75, 3.05) is 0 Å². The first-order chi connectivity index (χ1) is 5.10. The number of hydrogen-bond acceptors (Lipinski definition) is 2. The standard InChI is InChI=1S/C9H15NO/c1-7(2)8-4-3-5-9(8,11)6-10/h7-8,11H,3-5H2,1-2H3. The maximum atomic E-state index is 9.77. The molecule has 1 fully saturated rings. The minimum absolute atomic E-state index is 0.187. The second-order valence-corrected chi connectivity index (χ2v) is 3.78. The molecule has 0 spiro atoms. The Balaban J connectivity index is 2.74. The second-order valence-electron chi connectivity index (χ2n) is 3.78. The van der Waals surface area contributed by atoms with E-state index in [1.165, 1.54) is 0 Å². The molecule has 0 radical (unpaired) electrons. The van der Waals surface area contributed by atoms with Gasteiger partial charge in [-0.2, -0.15) is 5.26 Å². The Kier molecular flexibility index (Phi) is 2.20. The summed E-state index contributed by atoms with van der Waals surface area (Å²) in [5.41, 5.74) is -1.02. The third-order valence-electron chi connectivity index (χ3n) is 2.68. The largest absolute Gasteiger partial charge is 0.375 e. The van der Waals surface area contributed by atoms with E-state index in [1.807, 2.05) is 6.07 Å². The van der Waals surface area contributed by atoms with Crippen molar-refractivity contribution >= 4 is 0 Å². The number of nitriles is 1. The zero-order chi connectivity index (χ0) is 8.48. The molecule has 1 saturated carbocycles. The van der Waals surface area contributed by atoms with Gasteiger partial charge >= 0.3 is 0 Å². The highest BCUT2D eigenvalue weighted by Crippen LogP contribution is 2.39. The van der Waals surface area contributed by atoms with E-state index in [0.29, 0.717) is 12.3 Å². The van der Waals surface area contributed by atoms with Crippen LogP contribution >= 0.6 is 0 Å². The summed E-state index contributed by atoms with van der Waals surface area (Å²) in [7, 11) is 0. The molecule has 0 aromatic heterocycles. The molecule has 0 heterocycles. The molecule has 2 unspecified atom stereocenters. The highest BCUT2D eigenvalue weighted by Gasteiger charge is 2.42. The molecule has 2 nitrogen and oxygen atoms in total. The van der Waals surface area contributed by atoms with Gasteiger partial charge < -0.3 is 5.11 Å². The summed E-state index contributed by atoms with van der Waals surface area (Å²) in [6.07, 6.45) is 2.65. The predicted octanol–water partition coefficient (Wildman–Crippen LogP) is 1.70. The lowest BCUT2D eigenvalue weighted by Gasteiger charge is -2.25. The quantitative estimate of drug-likeness (QED) is 0.583. The molecule has 2 heteroatoms. The molecule has 2 atom stereocenters. The van der Waals surface area contributed by atoms with Gasteiger partial charge in [0.15, 0.2) is 5.60 Å². The van der Waals surface area contributed by atoms with Gasteiger partial charge in [0.2, 0.25) is 0 Å². The fourth-order valence-electron chi connectivity index (χ4n) is 2.04. The summed E-state index contributed by atoms with van der Waals surface area (Å²) < 4.78 is 0. The fraction of sp³-hybridized carbons (Fsp3) is 0.889. The van der Waals surface area contributed by atoms with Crippen LogP contribution in [0, 0.1) is 23.2 Å². The van der Waals surface area contributed by atoms with Crippen molar-refractivity contribution in [3.63, 3.8) is 0 Å². The number of hydrogen-bond donors (Lipinski definition) is 1. The van der Waals surface area contributed by atoms with Crippen LogP contribution in [-0.4, -0.2) is 10.7 Å². The van der Waals surface area contributed by atoms with Crippen molar-refractivity contribution in [3.8, 4) is 6.07 Å². The van der Waals surface area contributed by atoms with E-state index in [9.17, 15) is 5.11 Å². The van der Waals surface area contributed by atoms with Crippen molar-refractivity contribution < 1.29 is 5.11 Å². The Morgan fingerprint density at radius 3 is 2.64 bits per heavy atom. The van der Waals surface area contributed by atoms with Crippen LogP contribution in [0.4, 0.5) is 0 Å². The van der Waals surface area contributed by atoms with Gasteiger partial charge in [-0.3, -0.25) is 0 Å². The molecule has 0 bridgehead atoms. The first-order valence-corrected chi connectivity index (χ1v) is 4.24. The van der Waals surface area contributed by atoms with E-state index >= 15 is 0 Å². The van der Waals surface area contributed by atoms with Crippen LogP contribution in [0.3, 0.4) is 0 Å². The van der Waals surface area contributed by atoms with E-state index in [1.54, 1.807) is 0 Å². The van der Waals surface area contributed by atoms with E-state index in [2.05, 4.69) is 13.8 Å². The Bertz CT molecular complexity index is 182. The van der Waals surface area contributed by atoms with E-state index in [0.717, 1.165) is 12.8 Å². The minimum atomic E-state index is -1.02. The van der Waals surface area contributed by atoms with Gasteiger partial charge in [0.05, 0.1) is 6.07 Å². The van der Waals surface area contributed by atoms with Gasteiger partial charge in [-0.15, -0.1) is 0 Å². The average molecular weight is 153 g/mol. The van der Waals surface area contributed by atoms with Crippen molar-refractivity contribution in [2.45, 2.75) is 38.7 Å². The summed E-state index contributed by atoms with van der Waals surface area (Å²) in [5.74, 6) is 0.606. The molecule has 0 aromatic carbocycles. The number of nitrogens with zero attached hydrogens (tertiary/aromatic N) is 1. The van der Waals surface area contributed by atoms with Crippen molar-refractivity contribution in [1.29, 1.82) is 5.26 Å². The first kappa shape index (κ1) is 8.55. The van der Waals surface area contributed by atoms with E-state index in [-0.39, 0.29) is 5.92 Å². The van der Waals surface area contributed by atoms with Crippen molar-refractivity contribution in [1.82, 2.24) is 0 Å². The molecule has 1 N–H and O–H groups in total. The Hall–Kier alpha value is -0.550. The third-order valence-corrected chi connectivity index (χ3v) is 2.68. The maximum Gasteiger partial charge on any atom is 0.154 e. The van der Waals surface area contributed by atoms with Crippen LogP contribution in [0.2, 0.25) is 0 Å². The SMILES string of the molecule is CC(C)C1CCCC1(O)C#N. The number of aliphatic hydroxyl groups is 1.